The molecule has 1 spiro atoms. The van der Waals surface area contributed by atoms with Crippen molar-refractivity contribution in [1.29, 1.82) is 0 Å². The normalized spacial score (nSPS) is 22.2. The van der Waals surface area contributed by atoms with Crippen LogP contribution in [0.15, 0.2) is 29.6 Å². The SMILES string of the molecule is Cc1nc(CNC2CC3(CCN(CCO)CC3)Oc3ccccc32)cs1. The van der Waals surface area contributed by atoms with Crippen molar-refractivity contribution >= 4 is 11.3 Å². The van der Waals surface area contributed by atoms with Crippen molar-refractivity contribution in [2.45, 2.75) is 44.4 Å². The minimum Gasteiger partial charge on any atom is -0.487 e. The first-order chi connectivity index (χ1) is 12.7. The van der Waals surface area contributed by atoms with Crippen LogP contribution in [0.1, 0.15) is 41.6 Å². The second kappa shape index (κ2) is 7.64. The number of hydrogen-bond donors (Lipinski definition) is 2. The van der Waals surface area contributed by atoms with Gasteiger partial charge in [0.25, 0.3) is 0 Å². The fourth-order valence-corrected chi connectivity index (χ4v) is 4.76. The minimum absolute atomic E-state index is 0.101. The molecule has 1 unspecified atom stereocenters. The summed E-state index contributed by atoms with van der Waals surface area (Å²) in [6.45, 7) is 5.80. The monoisotopic (exact) mass is 373 g/mol. The van der Waals surface area contributed by atoms with Crippen molar-refractivity contribution < 1.29 is 9.84 Å². The maximum atomic E-state index is 9.18. The average Bonchev–Trinajstić information content (AvgIpc) is 3.07. The first-order valence-electron chi connectivity index (χ1n) is 9.43. The number of nitrogens with zero attached hydrogens (tertiary/aromatic N) is 2. The molecule has 0 radical (unpaired) electrons. The molecule has 6 heteroatoms. The van der Waals surface area contributed by atoms with Gasteiger partial charge in [-0.3, -0.25) is 0 Å². The number of aromatic nitrogens is 1. The summed E-state index contributed by atoms with van der Waals surface area (Å²) in [5.41, 5.74) is 2.27. The van der Waals surface area contributed by atoms with E-state index in [9.17, 15) is 5.11 Å². The maximum absolute atomic E-state index is 9.18. The van der Waals surface area contributed by atoms with Crippen LogP contribution in [-0.2, 0) is 6.54 Å². The number of aliphatic hydroxyl groups is 1. The number of thiazole rings is 1. The molecule has 4 rings (SSSR count). The van der Waals surface area contributed by atoms with E-state index >= 15 is 0 Å². The van der Waals surface area contributed by atoms with Crippen LogP contribution in [0, 0.1) is 6.92 Å². The van der Waals surface area contributed by atoms with Gasteiger partial charge in [0, 0.05) is 49.6 Å². The Morgan fingerprint density at radius 2 is 2.15 bits per heavy atom. The van der Waals surface area contributed by atoms with E-state index < -0.39 is 0 Å². The van der Waals surface area contributed by atoms with Crippen LogP contribution in [-0.4, -0.2) is 46.8 Å². The summed E-state index contributed by atoms with van der Waals surface area (Å²) >= 11 is 1.70. The standard InChI is InChI=1S/C20H27N3O2S/c1-15-22-16(14-26-15)13-21-18-12-20(6-8-23(9-7-20)10-11-24)25-19-5-3-2-4-17(18)19/h2-5,14,18,21,24H,6-13H2,1H3. The molecular weight excluding hydrogens is 346 g/mol. The second-order valence-electron chi connectivity index (χ2n) is 7.38. The minimum atomic E-state index is -0.101. The first-order valence-corrected chi connectivity index (χ1v) is 10.3. The lowest BCUT2D eigenvalue weighted by molar-refractivity contribution is -0.0278. The van der Waals surface area contributed by atoms with E-state index in [0.29, 0.717) is 0 Å². The Balaban J connectivity index is 1.50. The number of ether oxygens (including phenoxy) is 1. The summed E-state index contributed by atoms with van der Waals surface area (Å²) in [5, 5.41) is 16.2. The Labute approximate surface area is 159 Å². The second-order valence-corrected chi connectivity index (χ2v) is 8.45. The predicted octanol–water partition coefficient (Wildman–Crippen LogP) is 2.89. The quantitative estimate of drug-likeness (QED) is 0.844. The van der Waals surface area contributed by atoms with E-state index in [2.05, 4.69) is 44.8 Å². The number of β-amino-alcohol motifs (C(OH)–C–C–N with tert-alkyl or cyclic N) is 1. The van der Waals surface area contributed by atoms with Gasteiger partial charge in [0.2, 0.25) is 0 Å². The summed E-state index contributed by atoms with van der Waals surface area (Å²) in [5.74, 6) is 1.02. The van der Waals surface area contributed by atoms with Gasteiger partial charge in [-0.25, -0.2) is 4.98 Å². The number of rotatable bonds is 5. The van der Waals surface area contributed by atoms with Gasteiger partial charge in [0.05, 0.1) is 17.3 Å². The third kappa shape index (κ3) is 3.78. The molecule has 140 valence electrons. The van der Waals surface area contributed by atoms with Gasteiger partial charge in [0.15, 0.2) is 0 Å². The van der Waals surface area contributed by atoms with Crippen LogP contribution in [0.3, 0.4) is 0 Å². The summed E-state index contributed by atoms with van der Waals surface area (Å²) in [7, 11) is 0. The van der Waals surface area contributed by atoms with E-state index in [1.165, 1.54) is 5.56 Å². The molecular formula is C20H27N3O2S. The number of benzene rings is 1. The third-order valence-electron chi connectivity index (χ3n) is 5.58. The summed E-state index contributed by atoms with van der Waals surface area (Å²) < 4.78 is 6.53. The fourth-order valence-electron chi connectivity index (χ4n) is 4.15. The Kier molecular flexibility index (Phi) is 5.27. The Morgan fingerprint density at radius 1 is 1.35 bits per heavy atom. The Bertz CT molecular complexity index is 740. The van der Waals surface area contributed by atoms with Crippen molar-refractivity contribution in [3.8, 4) is 5.75 Å². The van der Waals surface area contributed by atoms with Crippen LogP contribution in [0.5, 0.6) is 5.75 Å². The number of aryl methyl sites for hydroxylation is 1. The molecule has 0 bridgehead atoms. The van der Waals surface area contributed by atoms with Crippen LogP contribution < -0.4 is 10.1 Å². The molecule has 2 aliphatic heterocycles. The summed E-state index contributed by atoms with van der Waals surface area (Å²) in [4.78, 5) is 6.91. The van der Waals surface area contributed by atoms with Crippen molar-refractivity contribution in [3.63, 3.8) is 0 Å². The van der Waals surface area contributed by atoms with Crippen molar-refractivity contribution in [1.82, 2.24) is 15.2 Å². The zero-order valence-electron chi connectivity index (χ0n) is 15.3. The number of fused-ring (bicyclic) bond motifs is 1. The molecule has 0 amide bonds. The number of nitrogens with one attached hydrogen (secondary N) is 1. The van der Waals surface area contributed by atoms with Crippen LogP contribution in [0.4, 0.5) is 0 Å². The van der Waals surface area contributed by atoms with Crippen molar-refractivity contribution in [2.24, 2.45) is 0 Å². The van der Waals surface area contributed by atoms with Gasteiger partial charge < -0.3 is 20.1 Å². The molecule has 2 N–H and O–H groups in total. The lowest BCUT2D eigenvalue weighted by Gasteiger charge is -2.47. The predicted molar refractivity (Wildman–Crippen MR) is 104 cm³/mol. The van der Waals surface area contributed by atoms with Gasteiger partial charge in [-0.1, -0.05) is 18.2 Å². The lowest BCUT2D eigenvalue weighted by Crippen LogP contribution is -2.52. The number of para-hydroxylation sites is 1. The first kappa shape index (κ1) is 17.9. The zero-order chi connectivity index (χ0) is 18.0. The van der Waals surface area contributed by atoms with E-state index in [0.717, 1.165) is 61.9 Å². The third-order valence-corrected chi connectivity index (χ3v) is 6.40. The van der Waals surface area contributed by atoms with Gasteiger partial charge in [-0.05, 0) is 25.8 Å². The van der Waals surface area contributed by atoms with Gasteiger partial charge in [0.1, 0.15) is 11.4 Å². The average molecular weight is 374 g/mol. The molecule has 1 atom stereocenters. The molecule has 1 aromatic carbocycles. The lowest BCUT2D eigenvalue weighted by atomic mass is 9.80. The largest absolute Gasteiger partial charge is 0.487 e. The highest BCUT2D eigenvalue weighted by Crippen LogP contribution is 2.44. The number of aliphatic hydroxyl groups excluding tert-OH is 1. The Hall–Kier alpha value is -1.47. The van der Waals surface area contributed by atoms with E-state index in [-0.39, 0.29) is 18.2 Å². The van der Waals surface area contributed by atoms with Crippen molar-refractivity contribution in [2.75, 3.05) is 26.2 Å². The molecule has 2 aromatic rings. The molecule has 26 heavy (non-hydrogen) atoms. The topological polar surface area (TPSA) is 57.6 Å². The zero-order valence-corrected chi connectivity index (χ0v) is 16.1. The van der Waals surface area contributed by atoms with E-state index in [1.54, 1.807) is 11.3 Å². The van der Waals surface area contributed by atoms with E-state index in [1.807, 2.05) is 6.92 Å². The molecule has 2 aliphatic rings. The summed E-state index contributed by atoms with van der Waals surface area (Å²) in [6.07, 6.45) is 3.00. The van der Waals surface area contributed by atoms with Gasteiger partial charge in [-0.2, -0.15) is 0 Å². The van der Waals surface area contributed by atoms with Crippen LogP contribution in [0.2, 0.25) is 0 Å². The fraction of sp³-hybridized carbons (Fsp3) is 0.550. The molecule has 5 nitrogen and oxygen atoms in total. The van der Waals surface area contributed by atoms with Gasteiger partial charge in [-0.15, -0.1) is 11.3 Å². The van der Waals surface area contributed by atoms with Crippen LogP contribution >= 0.6 is 11.3 Å². The Morgan fingerprint density at radius 3 is 2.88 bits per heavy atom. The highest BCUT2D eigenvalue weighted by Gasteiger charge is 2.42. The number of piperidine rings is 1. The molecule has 1 aromatic heterocycles. The number of hydrogen-bond acceptors (Lipinski definition) is 6. The van der Waals surface area contributed by atoms with Crippen LogP contribution in [0.25, 0.3) is 0 Å². The highest BCUT2D eigenvalue weighted by atomic mass is 32.1. The highest BCUT2D eigenvalue weighted by molar-refractivity contribution is 7.09. The van der Waals surface area contributed by atoms with E-state index in [4.69, 9.17) is 4.74 Å². The van der Waals surface area contributed by atoms with Crippen molar-refractivity contribution in [3.05, 3.63) is 45.9 Å². The number of likely N-dealkylation sites (tertiary alicyclic amines) is 1. The molecule has 1 saturated heterocycles. The maximum Gasteiger partial charge on any atom is 0.124 e. The molecule has 3 heterocycles. The smallest absolute Gasteiger partial charge is 0.124 e. The molecule has 1 fully saturated rings. The van der Waals surface area contributed by atoms with Gasteiger partial charge >= 0.3 is 0 Å². The molecule has 0 aliphatic carbocycles. The summed E-state index contributed by atoms with van der Waals surface area (Å²) in [6, 6.07) is 8.70. The molecule has 0 saturated carbocycles.